The summed E-state index contributed by atoms with van der Waals surface area (Å²) in [5.74, 6) is -0.00491. The highest BCUT2D eigenvalue weighted by Gasteiger charge is 2.22. The molecular formula is C23H27N3O3S. The van der Waals surface area contributed by atoms with Gasteiger partial charge in [-0.05, 0) is 31.0 Å². The van der Waals surface area contributed by atoms with Crippen molar-refractivity contribution in [2.24, 2.45) is 0 Å². The SMILES string of the molecule is COCCCn1c(SC(C)C(=O)N(C)Cc2ccccc2)nc2ccccc2c1=O. The van der Waals surface area contributed by atoms with Crippen LogP contribution in [0, 0.1) is 0 Å². The Hall–Kier alpha value is -2.64. The Morgan fingerprint density at radius 3 is 2.60 bits per heavy atom. The molecule has 1 amide bonds. The number of carbonyl (C=O) groups excluding carboxylic acids is 1. The maximum atomic E-state index is 13.0. The van der Waals surface area contributed by atoms with Gasteiger partial charge < -0.3 is 9.64 Å². The second kappa shape index (κ2) is 10.4. The van der Waals surface area contributed by atoms with Crippen molar-refractivity contribution in [3.05, 3.63) is 70.5 Å². The Bertz CT molecular complexity index is 1050. The molecule has 0 bridgehead atoms. The van der Waals surface area contributed by atoms with E-state index in [1.165, 1.54) is 11.8 Å². The molecule has 0 aliphatic heterocycles. The van der Waals surface area contributed by atoms with E-state index in [0.717, 1.165) is 5.56 Å². The first-order chi connectivity index (χ1) is 14.5. The van der Waals surface area contributed by atoms with Gasteiger partial charge in [0.2, 0.25) is 5.91 Å². The van der Waals surface area contributed by atoms with Crippen molar-refractivity contribution in [1.29, 1.82) is 0 Å². The first kappa shape index (κ1) is 22.1. The predicted octanol–water partition coefficient (Wildman–Crippen LogP) is 3.57. The van der Waals surface area contributed by atoms with E-state index in [1.807, 2.05) is 55.5 Å². The summed E-state index contributed by atoms with van der Waals surface area (Å²) < 4.78 is 6.79. The standard InChI is InChI=1S/C23H27N3O3S/c1-17(21(27)25(2)16-18-10-5-4-6-11-18)30-23-24-20-13-8-7-12-19(20)22(28)26(23)14-9-15-29-3/h4-8,10-13,17H,9,14-16H2,1-3H3. The number of hydrogen-bond acceptors (Lipinski definition) is 5. The molecule has 0 aliphatic carbocycles. The number of ether oxygens (including phenoxy) is 1. The number of rotatable bonds is 9. The van der Waals surface area contributed by atoms with Gasteiger partial charge in [-0.25, -0.2) is 4.98 Å². The fourth-order valence-corrected chi connectivity index (χ4v) is 4.31. The second-order valence-electron chi connectivity index (χ2n) is 7.15. The number of aromatic nitrogens is 2. The van der Waals surface area contributed by atoms with Crippen LogP contribution in [0.4, 0.5) is 0 Å². The van der Waals surface area contributed by atoms with Crippen molar-refractivity contribution in [3.8, 4) is 0 Å². The van der Waals surface area contributed by atoms with Crippen molar-refractivity contribution in [2.75, 3.05) is 20.8 Å². The van der Waals surface area contributed by atoms with Crippen LogP contribution < -0.4 is 5.56 Å². The van der Waals surface area contributed by atoms with Crippen LogP contribution in [-0.2, 0) is 22.6 Å². The Kier molecular flexibility index (Phi) is 7.65. The van der Waals surface area contributed by atoms with E-state index in [2.05, 4.69) is 0 Å². The predicted molar refractivity (Wildman–Crippen MR) is 121 cm³/mol. The van der Waals surface area contributed by atoms with E-state index in [1.54, 1.807) is 29.7 Å². The Morgan fingerprint density at radius 2 is 1.87 bits per heavy atom. The fraction of sp³-hybridized carbons (Fsp3) is 0.348. The van der Waals surface area contributed by atoms with Crippen molar-refractivity contribution in [2.45, 2.75) is 36.8 Å². The highest BCUT2D eigenvalue weighted by atomic mass is 32.2. The summed E-state index contributed by atoms with van der Waals surface area (Å²) >= 11 is 1.32. The van der Waals surface area contributed by atoms with Gasteiger partial charge in [-0.15, -0.1) is 0 Å². The van der Waals surface area contributed by atoms with E-state index in [9.17, 15) is 9.59 Å². The van der Waals surface area contributed by atoms with Crippen molar-refractivity contribution in [3.63, 3.8) is 0 Å². The highest BCUT2D eigenvalue weighted by Crippen LogP contribution is 2.24. The van der Waals surface area contributed by atoms with Crippen LogP contribution in [0.1, 0.15) is 18.9 Å². The number of carbonyl (C=O) groups is 1. The molecule has 0 N–H and O–H groups in total. The summed E-state index contributed by atoms with van der Waals surface area (Å²) in [4.78, 5) is 32.4. The van der Waals surface area contributed by atoms with Crippen LogP contribution in [0.3, 0.4) is 0 Å². The largest absolute Gasteiger partial charge is 0.385 e. The van der Waals surface area contributed by atoms with Gasteiger partial charge >= 0.3 is 0 Å². The second-order valence-corrected chi connectivity index (χ2v) is 8.46. The third kappa shape index (κ3) is 5.29. The van der Waals surface area contributed by atoms with Gasteiger partial charge in [-0.3, -0.25) is 14.2 Å². The minimum Gasteiger partial charge on any atom is -0.385 e. The molecule has 158 valence electrons. The van der Waals surface area contributed by atoms with E-state index in [-0.39, 0.29) is 16.7 Å². The van der Waals surface area contributed by atoms with E-state index >= 15 is 0 Å². The fourth-order valence-electron chi connectivity index (χ4n) is 3.26. The molecule has 2 aromatic carbocycles. The zero-order chi connectivity index (χ0) is 21.5. The van der Waals surface area contributed by atoms with Gasteiger partial charge in [-0.1, -0.05) is 54.2 Å². The summed E-state index contributed by atoms with van der Waals surface area (Å²) in [6.07, 6.45) is 0.695. The average Bonchev–Trinajstić information content (AvgIpc) is 2.76. The van der Waals surface area contributed by atoms with Crippen LogP contribution >= 0.6 is 11.8 Å². The molecule has 3 rings (SSSR count). The molecule has 0 saturated heterocycles. The number of para-hydroxylation sites is 1. The molecule has 0 spiro atoms. The van der Waals surface area contributed by atoms with Crippen LogP contribution in [0.2, 0.25) is 0 Å². The monoisotopic (exact) mass is 425 g/mol. The lowest BCUT2D eigenvalue weighted by Gasteiger charge is -2.22. The third-order valence-corrected chi connectivity index (χ3v) is 5.90. The normalized spacial score (nSPS) is 12.1. The van der Waals surface area contributed by atoms with E-state index in [0.29, 0.717) is 42.2 Å². The molecule has 1 aromatic heterocycles. The summed E-state index contributed by atoms with van der Waals surface area (Å²) in [5.41, 5.74) is 1.63. The highest BCUT2D eigenvalue weighted by molar-refractivity contribution is 8.00. The van der Waals surface area contributed by atoms with E-state index in [4.69, 9.17) is 9.72 Å². The summed E-state index contributed by atoms with van der Waals surface area (Å²) in [5, 5.41) is 0.767. The maximum Gasteiger partial charge on any atom is 0.262 e. The zero-order valence-corrected chi connectivity index (χ0v) is 18.4. The maximum absolute atomic E-state index is 13.0. The molecule has 6 nitrogen and oxygen atoms in total. The first-order valence-corrected chi connectivity index (χ1v) is 10.8. The lowest BCUT2D eigenvalue weighted by atomic mass is 10.2. The molecule has 1 unspecified atom stereocenters. The van der Waals surface area contributed by atoms with Gasteiger partial charge in [0.1, 0.15) is 0 Å². The van der Waals surface area contributed by atoms with Gasteiger partial charge in [0.15, 0.2) is 5.16 Å². The Labute approximate surface area is 180 Å². The van der Waals surface area contributed by atoms with Crippen LogP contribution in [-0.4, -0.2) is 46.4 Å². The molecule has 3 aromatic rings. The number of thioether (sulfide) groups is 1. The number of methoxy groups -OCH3 is 1. The number of nitrogens with zero attached hydrogens (tertiary/aromatic N) is 3. The Morgan fingerprint density at radius 1 is 1.17 bits per heavy atom. The third-order valence-electron chi connectivity index (χ3n) is 4.83. The van der Waals surface area contributed by atoms with Gasteiger partial charge in [0, 0.05) is 33.9 Å². The lowest BCUT2D eigenvalue weighted by molar-refractivity contribution is -0.129. The zero-order valence-electron chi connectivity index (χ0n) is 17.6. The summed E-state index contributed by atoms with van der Waals surface area (Å²) in [6.45, 7) is 3.44. The molecule has 0 saturated carbocycles. The van der Waals surface area contributed by atoms with Crippen LogP contribution in [0.15, 0.2) is 64.5 Å². The number of fused-ring (bicyclic) bond motifs is 1. The summed E-state index contributed by atoms with van der Waals surface area (Å²) in [6, 6.07) is 17.2. The van der Waals surface area contributed by atoms with Crippen molar-refractivity contribution in [1.82, 2.24) is 14.5 Å². The molecular weight excluding hydrogens is 398 g/mol. The minimum absolute atomic E-state index is 0.00491. The van der Waals surface area contributed by atoms with Gasteiger partial charge in [0.25, 0.3) is 5.56 Å². The van der Waals surface area contributed by atoms with E-state index < -0.39 is 0 Å². The van der Waals surface area contributed by atoms with Gasteiger partial charge in [-0.2, -0.15) is 0 Å². The molecule has 1 heterocycles. The number of amides is 1. The Balaban J connectivity index is 1.82. The topological polar surface area (TPSA) is 64.4 Å². The molecule has 0 fully saturated rings. The molecule has 7 heteroatoms. The molecule has 0 aliphatic rings. The summed E-state index contributed by atoms with van der Waals surface area (Å²) in [7, 11) is 3.44. The first-order valence-electron chi connectivity index (χ1n) is 9.95. The number of benzene rings is 2. The minimum atomic E-state index is -0.375. The molecule has 0 radical (unpaired) electrons. The van der Waals surface area contributed by atoms with Crippen LogP contribution in [0.25, 0.3) is 10.9 Å². The lowest BCUT2D eigenvalue weighted by Crippen LogP contribution is -2.33. The van der Waals surface area contributed by atoms with Gasteiger partial charge in [0.05, 0.1) is 16.2 Å². The number of hydrogen-bond donors (Lipinski definition) is 0. The smallest absolute Gasteiger partial charge is 0.262 e. The average molecular weight is 426 g/mol. The quantitative estimate of drug-likeness (QED) is 0.298. The van der Waals surface area contributed by atoms with Crippen LogP contribution in [0.5, 0.6) is 0 Å². The van der Waals surface area contributed by atoms with Crippen molar-refractivity contribution < 1.29 is 9.53 Å². The molecule has 1 atom stereocenters. The van der Waals surface area contributed by atoms with Crippen molar-refractivity contribution >= 4 is 28.6 Å². The molecule has 30 heavy (non-hydrogen) atoms.